The van der Waals surface area contributed by atoms with Crippen LogP contribution in [0.1, 0.15) is 28.7 Å². The van der Waals surface area contributed by atoms with Gasteiger partial charge >= 0.3 is 5.97 Å². The monoisotopic (exact) mass is 373 g/mol. The first kappa shape index (κ1) is 18.1. The third-order valence-corrected chi connectivity index (χ3v) is 4.66. The zero-order valence-electron chi connectivity index (χ0n) is 14.5. The van der Waals surface area contributed by atoms with Crippen molar-refractivity contribution in [3.8, 4) is 17.0 Å². The summed E-state index contributed by atoms with van der Waals surface area (Å²) in [6.07, 6.45) is 1.67. The number of aromatic amines is 1. The number of nitrogens with zero attached hydrogens (tertiary/aromatic N) is 2. The van der Waals surface area contributed by atoms with Crippen LogP contribution in [0.5, 0.6) is 5.75 Å². The number of hydrogen-bond acceptors (Lipinski definition) is 7. The number of aromatic nitrogens is 3. The average molecular weight is 373 g/mol. The maximum absolute atomic E-state index is 12.0. The van der Waals surface area contributed by atoms with Crippen molar-refractivity contribution in [1.29, 1.82) is 0 Å². The van der Waals surface area contributed by atoms with Crippen LogP contribution >= 0.6 is 11.8 Å². The standard InChI is InChI=1S/C18H19N3O4S/c1-3-24-18(22)17-16(19-21-20-17)12-6-7-15(23-2)13(9-12)10-26-11-14-5-4-8-25-14/h4-9H,3,10-11H2,1-2H3,(H,19,20,21). The van der Waals surface area contributed by atoms with Gasteiger partial charge in [-0.05, 0) is 37.3 Å². The molecule has 8 heteroatoms. The summed E-state index contributed by atoms with van der Waals surface area (Å²) in [7, 11) is 1.63. The van der Waals surface area contributed by atoms with Crippen molar-refractivity contribution in [2.45, 2.75) is 18.4 Å². The highest BCUT2D eigenvalue weighted by Crippen LogP contribution is 2.30. The van der Waals surface area contributed by atoms with Crippen LogP contribution in [-0.4, -0.2) is 35.1 Å². The number of H-pyrrole nitrogens is 1. The van der Waals surface area contributed by atoms with Crippen LogP contribution in [-0.2, 0) is 16.2 Å². The number of hydrogen-bond donors (Lipinski definition) is 1. The maximum atomic E-state index is 12.0. The largest absolute Gasteiger partial charge is 0.496 e. The lowest BCUT2D eigenvalue weighted by molar-refractivity contribution is 0.0520. The van der Waals surface area contributed by atoms with E-state index in [0.717, 1.165) is 34.1 Å². The Bertz CT molecular complexity index is 861. The molecular formula is C18H19N3O4S. The minimum absolute atomic E-state index is 0.172. The normalized spacial score (nSPS) is 10.7. The highest BCUT2D eigenvalue weighted by molar-refractivity contribution is 7.97. The molecule has 26 heavy (non-hydrogen) atoms. The second-order valence-corrected chi connectivity index (χ2v) is 6.33. The number of esters is 1. The molecular weight excluding hydrogens is 354 g/mol. The van der Waals surface area contributed by atoms with Crippen molar-refractivity contribution in [3.63, 3.8) is 0 Å². The number of furan rings is 1. The Morgan fingerprint density at radius 2 is 2.15 bits per heavy atom. The van der Waals surface area contributed by atoms with Gasteiger partial charge in [0.25, 0.3) is 0 Å². The van der Waals surface area contributed by atoms with E-state index in [1.54, 1.807) is 32.1 Å². The number of carbonyl (C=O) groups is 1. The summed E-state index contributed by atoms with van der Waals surface area (Å²) >= 11 is 1.71. The summed E-state index contributed by atoms with van der Waals surface area (Å²) < 4.78 is 15.8. The summed E-state index contributed by atoms with van der Waals surface area (Å²) in [4.78, 5) is 12.0. The molecule has 2 heterocycles. The van der Waals surface area contributed by atoms with Crippen molar-refractivity contribution in [2.75, 3.05) is 13.7 Å². The predicted molar refractivity (Wildman–Crippen MR) is 98.0 cm³/mol. The van der Waals surface area contributed by atoms with Crippen LogP contribution in [0.2, 0.25) is 0 Å². The minimum Gasteiger partial charge on any atom is -0.496 e. The molecule has 2 aromatic heterocycles. The van der Waals surface area contributed by atoms with Crippen molar-refractivity contribution in [1.82, 2.24) is 15.4 Å². The van der Waals surface area contributed by atoms with Gasteiger partial charge in [0.15, 0.2) is 5.69 Å². The predicted octanol–water partition coefficient (Wildman–Crippen LogP) is 3.68. The van der Waals surface area contributed by atoms with Gasteiger partial charge in [-0.3, -0.25) is 0 Å². The van der Waals surface area contributed by atoms with E-state index in [2.05, 4.69) is 15.4 Å². The SMILES string of the molecule is CCOC(=O)c1n[nH]nc1-c1ccc(OC)c(CSCc2ccco2)c1. The van der Waals surface area contributed by atoms with Gasteiger partial charge in [-0.15, -0.1) is 16.9 Å². The number of benzene rings is 1. The molecule has 0 aliphatic carbocycles. The third-order valence-electron chi connectivity index (χ3n) is 3.65. The first-order valence-electron chi connectivity index (χ1n) is 8.08. The quantitative estimate of drug-likeness (QED) is 0.602. The van der Waals surface area contributed by atoms with Gasteiger partial charge in [-0.25, -0.2) is 4.79 Å². The Labute approximate surface area is 155 Å². The first-order valence-corrected chi connectivity index (χ1v) is 9.23. The summed E-state index contributed by atoms with van der Waals surface area (Å²) in [6, 6.07) is 9.48. The Morgan fingerprint density at radius 1 is 1.27 bits per heavy atom. The second-order valence-electron chi connectivity index (χ2n) is 5.34. The highest BCUT2D eigenvalue weighted by atomic mass is 32.2. The van der Waals surface area contributed by atoms with E-state index in [1.807, 2.05) is 30.3 Å². The molecule has 0 amide bonds. The molecule has 1 N–H and O–H groups in total. The van der Waals surface area contributed by atoms with Crippen molar-refractivity contribution < 1.29 is 18.7 Å². The molecule has 0 fully saturated rings. The molecule has 0 bridgehead atoms. The number of thioether (sulfide) groups is 1. The van der Waals surface area contributed by atoms with Crippen LogP contribution in [0, 0.1) is 0 Å². The zero-order valence-corrected chi connectivity index (χ0v) is 15.3. The summed E-state index contributed by atoms with van der Waals surface area (Å²) in [5.41, 5.74) is 2.41. The van der Waals surface area contributed by atoms with Gasteiger partial charge in [-0.2, -0.15) is 10.3 Å². The molecule has 0 saturated carbocycles. The van der Waals surface area contributed by atoms with Gasteiger partial charge in [0.1, 0.15) is 17.2 Å². The van der Waals surface area contributed by atoms with E-state index >= 15 is 0 Å². The minimum atomic E-state index is -0.499. The molecule has 0 unspecified atom stereocenters. The topological polar surface area (TPSA) is 90.2 Å². The van der Waals surface area contributed by atoms with Crippen LogP contribution in [0.3, 0.4) is 0 Å². The maximum Gasteiger partial charge on any atom is 0.361 e. The molecule has 3 aromatic rings. The fourth-order valence-corrected chi connectivity index (χ4v) is 3.38. The lowest BCUT2D eigenvalue weighted by Gasteiger charge is -2.10. The molecule has 0 aliphatic heterocycles. The molecule has 0 saturated heterocycles. The molecule has 0 atom stereocenters. The van der Waals surface area contributed by atoms with Gasteiger partial charge < -0.3 is 13.9 Å². The Kier molecular flexibility index (Phi) is 5.96. The Morgan fingerprint density at radius 3 is 2.88 bits per heavy atom. The average Bonchev–Trinajstić information content (AvgIpc) is 3.33. The van der Waals surface area contributed by atoms with Crippen LogP contribution in [0.4, 0.5) is 0 Å². The molecule has 7 nitrogen and oxygen atoms in total. The Balaban J connectivity index is 1.81. The molecule has 3 rings (SSSR count). The van der Waals surface area contributed by atoms with Crippen molar-refractivity contribution in [2.24, 2.45) is 0 Å². The van der Waals surface area contributed by atoms with Crippen LogP contribution in [0.15, 0.2) is 41.0 Å². The van der Waals surface area contributed by atoms with E-state index in [4.69, 9.17) is 13.9 Å². The number of nitrogens with one attached hydrogen (secondary N) is 1. The van der Waals surface area contributed by atoms with E-state index in [9.17, 15) is 4.79 Å². The number of carbonyl (C=O) groups excluding carboxylic acids is 1. The van der Waals surface area contributed by atoms with Crippen molar-refractivity contribution in [3.05, 3.63) is 53.6 Å². The Hall–Kier alpha value is -2.74. The van der Waals surface area contributed by atoms with E-state index in [-0.39, 0.29) is 12.3 Å². The van der Waals surface area contributed by atoms with Gasteiger partial charge in [0.2, 0.25) is 0 Å². The fraction of sp³-hybridized carbons (Fsp3) is 0.278. The van der Waals surface area contributed by atoms with E-state index in [1.165, 1.54) is 0 Å². The van der Waals surface area contributed by atoms with E-state index in [0.29, 0.717) is 5.69 Å². The molecule has 0 spiro atoms. The molecule has 0 radical (unpaired) electrons. The van der Waals surface area contributed by atoms with E-state index < -0.39 is 5.97 Å². The lowest BCUT2D eigenvalue weighted by Crippen LogP contribution is -2.07. The van der Waals surface area contributed by atoms with Gasteiger partial charge in [-0.1, -0.05) is 0 Å². The molecule has 1 aromatic carbocycles. The van der Waals surface area contributed by atoms with Crippen molar-refractivity contribution >= 4 is 17.7 Å². The smallest absolute Gasteiger partial charge is 0.361 e. The fourth-order valence-electron chi connectivity index (χ4n) is 2.47. The summed E-state index contributed by atoms with van der Waals surface area (Å²) in [5.74, 6) is 2.69. The first-order chi connectivity index (χ1) is 12.7. The van der Waals surface area contributed by atoms with Gasteiger partial charge in [0, 0.05) is 16.9 Å². The van der Waals surface area contributed by atoms with Crippen LogP contribution in [0.25, 0.3) is 11.3 Å². The zero-order chi connectivity index (χ0) is 18.4. The number of methoxy groups -OCH3 is 1. The highest BCUT2D eigenvalue weighted by Gasteiger charge is 2.20. The summed E-state index contributed by atoms with van der Waals surface area (Å²) in [5, 5.41) is 10.5. The molecule has 136 valence electrons. The third kappa shape index (κ3) is 4.08. The lowest BCUT2D eigenvalue weighted by atomic mass is 10.1. The number of ether oxygens (including phenoxy) is 2. The van der Waals surface area contributed by atoms with Gasteiger partial charge in [0.05, 0.1) is 25.7 Å². The van der Waals surface area contributed by atoms with Crippen LogP contribution < -0.4 is 4.74 Å². The summed E-state index contributed by atoms with van der Waals surface area (Å²) in [6.45, 7) is 2.03. The molecule has 0 aliphatic rings. The second kappa shape index (κ2) is 8.57. The number of rotatable bonds is 8.